The van der Waals surface area contributed by atoms with Gasteiger partial charge in [-0.05, 0) is 44.1 Å². The zero-order valence-corrected chi connectivity index (χ0v) is 9.21. The van der Waals surface area contributed by atoms with Crippen molar-refractivity contribution in [2.75, 3.05) is 7.11 Å². The lowest BCUT2D eigenvalue weighted by Gasteiger charge is -2.24. The second-order valence-corrected chi connectivity index (χ2v) is 4.11. The summed E-state index contributed by atoms with van der Waals surface area (Å²) in [5.41, 5.74) is 1.40. The normalized spacial score (nSPS) is 25.0. The highest BCUT2D eigenvalue weighted by atomic mass is 16.5. The molecule has 0 amide bonds. The fourth-order valence-electron chi connectivity index (χ4n) is 2.12. The summed E-state index contributed by atoms with van der Waals surface area (Å²) in [4.78, 5) is 10.9. The van der Waals surface area contributed by atoms with Gasteiger partial charge >= 0.3 is 0 Å². The van der Waals surface area contributed by atoms with Crippen LogP contribution in [0.1, 0.15) is 45.4 Å². The van der Waals surface area contributed by atoms with Gasteiger partial charge in [-0.3, -0.25) is 0 Å². The van der Waals surface area contributed by atoms with E-state index in [4.69, 9.17) is 4.74 Å². The monoisotopic (exact) mass is 196 g/mol. The number of methoxy groups -OCH3 is 1. The fraction of sp³-hybridized carbons (Fsp3) is 0.750. The van der Waals surface area contributed by atoms with Gasteiger partial charge in [0.05, 0.1) is 13.4 Å². The molecule has 0 spiro atoms. The summed E-state index contributed by atoms with van der Waals surface area (Å²) in [6.45, 7) is 1.67. The van der Waals surface area contributed by atoms with Crippen molar-refractivity contribution in [3.8, 4) is 0 Å². The molecule has 0 saturated heterocycles. The van der Waals surface area contributed by atoms with Gasteiger partial charge in [-0.15, -0.1) is 0 Å². The average molecular weight is 196 g/mol. The van der Waals surface area contributed by atoms with Crippen molar-refractivity contribution in [2.45, 2.75) is 45.4 Å². The van der Waals surface area contributed by atoms with Crippen LogP contribution in [0.3, 0.4) is 0 Å². The minimum Gasteiger partial charge on any atom is -0.504 e. The Bertz CT molecular complexity index is 218. The molecule has 0 unspecified atom stereocenters. The zero-order chi connectivity index (χ0) is 10.4. The molecule has 1 saturated carbocycles. The third-order valence-corrected chi connectivity index (χ3v) is 2.91. The molecule has 80 valence electrons. The molecule has 1 atom stereocenters. The van der Waals surface area contributed by atoms with E-state index in [1.165, 1.54) is 24.8 Å². The number of rotatable bonds is 4. The number of hydrogen-bond acceptors (Lipinski definition) is 2. The topological polar surface area (TPSA) is 26.3 Å². The number of carbonyl (C=O) groups excluding carboxylic acids is 1. The van der Waals surface area contributed by atoms with E-state index < -0.39 is 0 Å². The van der Waals surface area contributed by atoms with Crippen molar-refractivity contribution in [2.24, 2.45) is 5.92 Å². The van der Waals surface area contributed by atoms with E-state index in [2.05, 4.69) is 0 Å². The molecule has 2 heteroatoms. The molecule has 0 N–H and O–H groups in total. The molecule has 0 aromatic carbocycles. The van der Waals surface area contributed by atoms with Crippen LogP contribution in [0.4, 0.5) is 0 Å². The predicted molar refractivity (Wildman–Crippen MR) is 57.0 cm³/mol. The lowest BCUT2D eigenvalue weighted by molar-refractivity contribution is -0.117. The summed E-state index contributed by atoms with van der Waals surface area (Å²) in [6.07, 6.45) is 8.54. The van der Waals surface area contributed by atoms with Crippen LogP contribution in [0.2, 0.25) is 0 Å². The van der Waals surface area contributed by atoms with Crippen LogP contribution in [0, 0.1) is 5.92 Å². The molecule has 1 rings (SSSR count). The van der Waals surface area contributed by atoms with E-state index in [-0.39, 0.29) is 0 Å². The van der Waals surface area contributed by atoms with E-state index in [0.717, 1.165) is 12.8 Å². The summed E-state index contributed by atoms with van der Waals surface area (Å²) in [5.74, 6) is 0.889. The van der Waals surface area contributed by atoms with Crippen LogP contribution >= 0.6 is 0 Å². The quantitative estimate of drug-likeness (QED) is 0.646. The maximum absolute atomic E-state index is 10.9. The molecule has 0 aromatic heterocycles. The third kappa shape index (κ3) is 3.52. The smallest absolute Gasteiger partial charge is 0.129 e. The van der Waals surface area contributed by atoms with E-state index >= 15 is 0 Å². The minimum absolute atomic E-state index is 0.298. The highest BCUT2D eigenvalue weighted by molar-refractivity contribution is 5.75. The first-order valence-corrected chi connectivity index (χ1v) is 5.45. The SMILES string of the molecule is CO/C=C1\CCCC[C@H]1CCC(C)=O. The molecular weight excluding hydrogens is 176 g/mol. The number of hydrogen-bond donors (Lipinski definition) is 0. The van der Waals surface area contributed by atoms with Gasteiger partial charge in [-0.1, -0.05) is 6.42 Å². The Labute approximate surface area is 86.3 Å². The van der Waals surface area contributed by atoms with Crippen LogP contribution in [-0.4, -0.2) is 12.9 Å². The van der Waals surface area contributed by atoms with Crippen LogP contribution in [-0.2, 0) is 9.53 Å². The third-order valence-electron chi connectivity index (χ3n) is 2.91. The van der Waals surface area contributed by atoms with Crippen molar-refractivity contribution >= 4 is 5.78 Å². The molecule has 0 aromatic rings. The highest BCUT2D eigenvalue weighted by Crippen LogP contribution is 2.32. The summed E-state index contributed by atoms with van der Waals surface area (Å²) < 4.78 is 5.07. The number of carbonyl (C=O) groups is 1. The minimum atomic E-state index is 0.298. The molecule has 1 fully saturated rings. The van der Waals surface area contributed by atoms with Crippen molar-refractivity contribution in [1.82, 2.24) is 0 Å². The first-order chi connectivity index (χ1) is 6.74. The van der Waals surface area contributed by atoms with Crippen LogP contribution < -0.4 is 0 Å². The Hall–Kier alpha value is -0.790. The van der Waals surface area contributed by atoms with Gasteiger partial charge in [0.25, 0.3) is 0 Å². The van der Waals surface area contributed by atoms with Crippen molar-refractivity contribution in [3.63, 3.8) is 0 Å². The van der Waals surface area contributed by atoms with Gasteiger partial charge in [-0.25, -0.2) is 0 Å². The van der Waals surface area contributed by atoms with E-state index in [9.17, 15) is 4.79 Å². The van der Waals surface area contributed by atoms with Gasteiger partial charge in [-0.2, -0.15) is 0 Å². The molecule has 14 heavy (non-hydrogen) atoms. The molecule has 0 heterocycles. The zero-order valence-electron chi connectivity index (χ0n) is 9.21. The molecule has 1 aliphatic carbocycles. The fourth-order valence-corrected chi connectivity index (χ4v) is 2.12. The Morgan fingerprint density at radius 2 is 2.36 bits per heavy atom. The summed E-state index contributed by atoms with van der Waals surface area (Å²) >= 11 is 0. The largest absolute Gasteiger partial charge is 0.504 e. The number of ketones is 1. The first kappa shape index (κ1) is 11.3. The second-order valence-electron chi connectivity index (χ2n) is 4.11. The maximum atomic E-state index is 10.9. The summed E-state index contributed by atoms with van der Waals surface area (Å²) in [6, 6.07) is 0. The lowest BCUT2D eigenvalue weighted by atomic mass is 9.82. The molecule has 0 bridgehead atoms. The van der Waals surface area contributed by atoms with Crippen molar-refractivity contribution in [3.05, 3.63) is 11.8 Å². The second kappa shape index (κ2) is 5.84. The molecule has 0 radical (unpaired) electrons. The Balaban J connectivity index is 2.46. The molecule has 2 nitrogen and oxygen atoms in total. The van der Waals surface area contributed by atoms with Crippen molar-refractivity contribution in [1.29, 1.82) is 0 Å². The molecular formula is C12H20O2. The number of Topliss-reactive ketones (excluding diaryl/α,β-unsaturated/α-hetero) is 1. The van der Waals surface area contributed by atoms with Crippen molar-refractivity contribution < 1.29 is 9.53 Å². The summed E-state index contributed by atoms with van der Waals surface area (Å²) in [5, 5.41) is 0. The van der Waals surface area contributed by atoms with E-state index in [0.29, 0.717) is 18.1 Å². The van der Waals surface area contributed by atoms with Crippen LogP contribution in [0.15, 0.2) is 11.8 Å². The average Bonchev–Trinajstić information content (AvgIpc) is 2.17. The number of ether oxygens (including phenoxy) is 1. The Kier molecular flexibility index (Phi) is 4.71. The standard InChI is InChI=1S/C12H20O2/c1-10(13)7-8-11-5-3-4-6-12(11)9-14-2/h9,11H,3-8H2,1-2H3/b12-9+/t11-/m0/s1. The first-order valence-electron chi connectivity index (χ1n) is 5.45. The van der Waals surface area contributed by atoms with Gasteiger partial charge in [0.1, 0.15) is 5.78 Å². The van der Waals surface area contributed by atoms with Crippen LogP contribution in [0.25, 0.3) is 0 Å². The Morgan fingerprint density at radius 3 is 3.00 bits per heavy atom. The predicted octanol–water partition coefficient (Wildman–Crippen LogP) is 3.08. The van der Waals surface area contributed by atoms with E-state index in [1.54, 1.807) is 14.0 Å². The van der Waals surface area contributed by atoms with Crippen LogP contribution in [0.5, 0.6) is 0 Å². The van der Waals surface area contributed by atoms with Gasteiger partial charge in [0.15, 0.2) is 0 Å². The maximum Gasteiger partial charge on any atom is 0.129 e. The molecule has 1 aliphatic rings. The van der Waals surface area contributed by atoms with Gasteiger partial charge in [0, 0.05) is 6.42 Å². The molecule has 0 aliphatic heterocycles. The van der Waals surface area contributed by atoms with Gasteiger partial charge < -0.3 is 9.53 Å². The van der Waals surface area contributed by atoms with Gasteiger partial charge in [0.2, 0.25) is 0 Å². The summed E-state index contributed by atoms with van der Waals surface area (Å²) in [7, 11) is 1.70. The number of allylic oxidation sites excluding steroid dienone is 1. The van der Waals surface area contributed by atoms with E-state index in [1.807, 2.05) is 6.26 Å². The highest BCUT2D eigenvalue weighted by Gasteiger charge is 2.19. The lowest BCUT2D eigenvalue weighted by Crippen LogP contribution is -2.11. The Morgan fingerprint density at radius 1 is 1.57 bits per heavy atom.